The molecule has 2 aromatic carbocycles. The highest BCUT2D eigenvalue weighted by Gasteiger charge is 2.29. The lowest BCUT2D eigenvalue weighted by atomic mass is 10.1. The number of halogens is 3. The molecule has 0 unspecified atom stereocenters. The van der Waals surface area contributed by atoms with Crippen LogP contribution in [-0.2, 0) is 6.54 Å². The molecule has 3 rings (SSSR count). The first kappa shape index (κ1) is 18.0. The number of nitrogens with one attached hydrogen (secondary N) is 1. The number of hydrogen-bond acceptors (Lipinski definition) is 4. The lowest BCUT2D eigenvalue weighted by molar-refractivity contribution is -0.0328. The molecular weight excluding hydrogens is 365 g/mol. The van der Waals surface area contributed by atoms with E-state index < -0.39 is 11.4 Å². The molecule has 0 bridgehead atoms. The maximum Gasteiger partial charge on any atom is 0.446 e. The van der Waals surface area contributed by atoms with Crippen molar-refractivity contribution in [1.82, 2.24) is 14.8 Å². The van der Waals surface area contributed by atoms with Crippen LogP contribution in [0.25, 0.3) is 0 Å². The lowest BCUT2D eigenvalue weighted by Gasteiger charge is -2.11. The molecule has 0 saturated heterocycles. The van der Waals surface area contributed by atoms with Gasteiger partial charge in [-0.2, -0.15) is 18.3 Å². The van der Waals surface area contributed by atoms with Gasteiger partial charge in [0, 0.05) is 16.1 Å². The second-order valence-corrected chi connectivity index (χ2v) is 6.41. The van der Waals surface area contributed by atoms with Gasteiger partial charge in [0.25, 0.3) is 5.91 Å². The molecule has 1 N–H and O–H groups in total. The first-order valence-corrected chi connectivity index (χ1v) is 8.30. The van der Waals surface area contributed by atoms with Gasteiger partial charge in [-0.05, 0) is 47.7 Å². The van der Waals surface area contributed by atoms with E-state index in [1.165, 1.54) is 30.6 Å². The zero-order valence-corrected chi connectivity index (χ0v) is 14.1. The molecule has 1 heterocycles. The smallest absolute Gasteiger partial charge is 0.322 e. The van der Waals surface area contributed by atoms with Crippen LogP contribution in [0.4, 0.5) is 18.9 Å². The van der Waals surface area contributed by atoms with Crippen LogP contribution in [-0.4, -0.2) is 26.2 Å². The zero-order valence-electron chi connectivity index (χ0n) is 13.3. The van der Waals surface area contributed by atoms with Crippen LogP contribution in [0.15, 0.2) is 66.1 Å². The molecule has 26 heavy (non-hydrogen) atoms. The van der Waals surface area contributed by atoms with Gasteiger partial charge in [-0.3, -0.25) is 4.79 Å². The fourth-order valence-electron chi connectivity index (χ4n) is 2.27. The van der Waals surface area contributed by atoms with E-state index in [0.29, 0.717) is 12.2 Å². The van der Waals surface area contributed by atoms with Gasteiger partial charge in [0.05, 0.1) is 6.54 Å². The van der Waals surface area contributed by atoms with Crippen molar-refractivity contribution in [3.63, 3.8) is 0 Å². The van der Waals surface area contributed by atoms with E-state index in [-0.39, 0.29) is 22.2 Å². The third-order valence-electron chi connectivity index (χ3n) is 3.41. The molecule has 0 fully saturated rings. The predicted molar refractivity (Wildman–Crippen MR) is 91.9 cm³/mol. The Morgan fingerprint density at radius 1 is 1.12 bits per heavy atom. The standard InChI is InChI=1S/C17H13F3N4OS/c18-17(19,20)26-14-7-5-12(6-8-14)16(25)23-15-4-2-1-3-13(15)9-24-11-21-10-22-24/h1-8,10-11H,9H2,(H,23,25). The van der Waals surface area contributed by atoms with Gasteiger partial charge < -0.3 is 5.32 Å². The Labute approximate surface area is 151 Å². The van der Waals surface area contributed by atoms with Crippen molar-refractivity contribution in [3.8, 4) is 0 Å². The second-order valence-electron chi connectivity index (χ2n) is 5.28. The molecule has 9 heteroatoms. The van der Waals surface area contributed by atoms with Crippen LogP contribution in [0.2, 0.25) is 0 Å². The van der Waals surface area contributed by atoms with E-state index >= 15 is 0 Å². The number of amides is 1. The largest absolute Gasteiger partial charge is 0.446 e. The van der Waals surface area contributed by atoms with Crippen LogP contribution < -0.4 is 5.32 Å². The molecule has 1 amide bonds. The summed E-state index contributed by atoms with van der Waals surface area (Å²) in [5.41, 5.74) is -2.66. The highest BCUT2D eigenvalue weighted by atomic mass is 32.2. The molecule has 134 valence electrons. The molecule has 0 aliphatic heterocycles. The highest BCUT2D eigenvalue weighted by Crippen LogP contribution is 2.36. The number of anilines is 1. The van der Waals surface area contributed by atoms with Crippen LogP contribution >= 0.6 is 11.8 Å². The molecule has 0 aliphatic rings. The van der Waals surface area contributed by atoms with Crippen LogP contribution in [0, 0.1) is 0 Å². The number of alkyl halides is 3. The molecule has 0 spiro atoms. The van der Waals surface area contributed by atoms with E-state index in [1.54, 1.807) is 23.1 Å². The highest BCUT2D eigenvalue weighted by molar-refractivity contribution is 8.00. The quantitative estimate of drug-likeness (QED) is 0.677. The Bertz CT molecular complexity index is 880. The Morgan fingerprint density at radius 3 is 2.50 bits per heavy atom. The summed E-state index contributed by atoms with van der Waals surface area (Å²) in [5.74, 6) is -0.403. The number of benzene rings is 2. The van der Waals surface area contributed by atoms with Gasteiger partial charge in [-0.15, -0.1) is 0 Å². The van der Waals surface area contributed by atoms with Crippen molar-refractivity contribution in [2.24, 2.45) is 0 Å². The number of aromatic nitrogens is 3. The molecule has 5 nitrogen and oxygen atoms in total. The molecule has 0 atom stereocenters. The van der Waals surface area contributed by atoms with Crippen LogP contribution in [0.1, 0.15) is 15.9 Å². The SMILES string of the molecule is O=C(Nc1ccccc1Cn1cncn1)c1ccc(SC(F)(F)F)cc1. The number of thioether (sulfide) groups is 1. The number of nitrogens with zero attached hydrogens (tertiary/aromatic N) is 3. The number of carbonyl (C=O) groups excluding carboxylic acids is 1. The third kappa shape index (κ3) is 4.85. The maximum atomic E-state index is 12.4. The third-order valence-corrected chi connectivity index (χ3v) is 4.15. The summed E-state index contributed by atoms with van der Waals surface area (Å²) in [7, 11) is 0. The number of para-hydroxylation sites is 1. The zero-order chi connectivity index (χ0) is 18.6. The molecule has 1 aromatic heterocycles. The van der Waals surface area contributed by atoms with E-state index in [1.807, 2.05) is 12.1 Å². The molecular formula is C17H13F3N4OS. The minimum absolute atomic E-state index is 0.0284. The maximum absolute atomic E-state index is 12.4. The van der Waals surface area contributed by atoms with E-state index in [2.05, 4.69) is 15.4 Å². The fraction of sp³-hybridized carbons (Fsp3) is 0.118. The van der Waals surface area contributed by atoms with Gasteiger partial charge in [-0.1, -0.05) is 18.2 Å². The topological polar surface area (TPSA) is 59.8 Å². The van der Waals surface area contributed by atoms with Gasteiger partial charge >= 0.3 is 5.51 Å². The minimum atomic E-state index is -4.36. The summed E-state index contributed by atoms with van der Waals surface area (Å²) in [4.78, 5) is 16.3. The van der Waals surface area contributed by atoms with Crippen molar-refractivity contribution < 1.29 is 18.0 Å². The first-order chi connectivity index (χ1) is 12.4. The first-order valence-electron chi connectivity index (χ1n) is 7.48. The molecule has 3 aromatic rings. The van der Waals surface area contributed by atoms with Gasteiger partial charge in [-0.25, -0.2) is 9.67 Å². The molecule has 0 saturated carbocycles. The summed E-state index contributed by atoms with van der Waals surface area (Å²) < 4.78 is 38.7. The van der Waals surface area contributed by atoms with Crippen molar-refractivity contribution in [2.45, 2.75) is 16.9 Å². The fourth-order valence-corrected chi connectivity index (χ4v) is 2.81. The lowest BCUT2D eigenvalue weighted by Crippen LogP contribution is -2.14. The predicted octanol–water partition coefficient (Wildman–Crippen LogP) is 4.19. The second kappa shape index (κ2) is 7.61. The van der Waals surface area contributed by atoms with Gasteiger partial charge in [0.15, 0.2) is 0 Å². The Hall–Kier alpha value is -2.81. The summed E-state index contributed by atoms with van der Waals surface area (Å²) in [5, 5.41) is 6.80. The number of hydrogen-bond donors (Lipinski definition) is 1. The number of carbonyl (C=O) groups is 1. The minimum Gasteiger partial charge on any atom is -0.322 e. The number of rotatable bonds is 5. The van der Waals surface area contributed by atoms with Gasteiger partial charge in [0.2, 0.25) is 0 Å². The summed E-state index contributed by atoms with van der Waals surface area (Å²) in [6, 6.07) is 12.5. The van der Waals surface area contributed by atoms with E-state index in [0.717, 1.165) is 5.56 Å². The van der Waals surface area contributed by atoms with E-state index in [9.17, 15) is 18.0 Å². The Kier molecular flexibility index (Phi) is 5.27. The van der Waals surface area contributed by atoms with Crippen molar-refractivity contribution >= 4 is 23.4 Å². The monoisotopic (exact) mass is 378 g/mol. The summed E-state index contributed by atoms with van der Waals surface area (Å²) in [6.07, 6.45) is 2.98. The summed E-state index contributed by atoms with van der Waals surface area (Å²) >= 11 is -0.218. The molecule has 0 radical (unpaired) electrons. The van der Waals surface area contributed by atoms with Crippen molar-refractivity contribution in [3.05, 3.63) is 72.3 Å². The van der Waals surface area contributed by atoms with E-state index in [4.69, 9.17) is 0 Å². The normalized spacial score (nSPS) is 11.3. The van der Waals surface area contributed by atoms with Crippen LogP contribution in [0.3, 0.4) is 0 Å². The van der Waals surface area contributed by atoms with Crippen molar-refractivity contribution in [2.75, 3.05) is 5.32 Å². The summed E-state index contributed by atoms with van der Waals surface area (Å²) in [6.45, 7) is 0.428. The average molecular weight is 378 g/mol. The van der Waals surface area contributed by atoms with Crippen LogP contribution in [0.5, 0.6) is 0 Å². The molecule has 0 aliphatic carbocycles. The Morgan fingerprint density at radius 2 is 1.85 bits per heavy atom. The van der Waals surface area contributed by atoms with Gasteiger partial charge in [0.1, 0.15) is 12.7 Å². The Balaban J connectivity index is 1.72. The average Bonchev–Trinajstić information content (AvgIpc) is 3.09. The van der Waals surface area contributed by atoms with Crippen molar-refractivity contribution in [1.29, 1.82) is 0 Å².